The Labute approximate surface area is 189 Å². The molecule has 0 bridgehead atoms. The van der Waals surface area contributed by atoms with Crippen LogP contribution in [0.5, 0.6) is 0 Å². The van der Waals surface area contributed by atoms with Crippen LogP contribution in [0, 0.1) is 17.7 Å². The van der Waals surface area contributed by atoms with Crippen LogP contribution in [0.4, 0.5) is 4.39 Å². The van der Waals surface area contributed by atoms with Crippen molar-refractivity contribution in [1.29, 1.82) is 0 Å². The van der Waals surface area contributed by atoms with Gasteiger partial charge in [0.2, 0.25) is 0 Å². The van der Waals surface area contributed by atoms with Gasteiger partial charge in [0.05, 0.1) is 0 Å². The van der Waals surface area contributed by atoms with E-state index in [0.717, 1.165) is 54.1 Å². The fourth-order valence-electron chi connectivity index (χ4n) is 5.09. The number of aryl methyl sites for hydroxylation is 1. The molecule has 31 heavy (non-hydrogen) atoms. The first kappa shape index (κ1) is 23.9. The first-order valence-electron chi connectivity index (χ1n) is 12.7. The topological polar surface area (TPSA) is 25.8 Å². The molecule has 1 aromatic carbocycles. The van der Waals surface area contributed by atoms with Crippen molar-refractivity contribution in [3.8, 4) is 11.1 Å². The Morgan fingerprint density at radius 1 is 0.903 bits per heavy atom. The van der Waals surface area contributed by atoms with Crippen molar-refractivity contribution in [2.45, 2.75) is 104 Å². The summed E-state index contributed by atoms with van der Waals surface area (Å²) in [5.74, 6) is 2.84. The quantitative estimate of drug-likeness (QED) is 0.338. The van der Waals surface area contributed by atoms with Crippen LogP contribution in [0.2, 0.25) is 0 Å². The minimum atomic E-state index is -0.109. The maximum absolute atomic E-state index is 14.5. The molecule has 1 unspecified atom stereocenters. The van der Waals surface area contributed by atoms with Gasteiger partial charge in [-0.05, 0) is 54.7 Å². The second kappa shape index (κ2) is 12.3. The van der Waals surface area contributed by atoms with Gasteiger partial charge in [-0.25, -0.2) is 14.4 Å². The molecule has 1 heterocycles. The van der Waals surface area contributed by atoms with Gasteiger partial charge in [-0.2, -0.15) is 0 Å². The molecule has 1 aliphatic rings. The van der Waals surface area contributed by atoms with E-state index in [1.54, 1.807) is 6.07 Å². The molecule has 0 amide bonds. The average molecular weight is 425 g/mol. The molecule has 0 saturated heterocycles. The largest absolute Gasteiger partial charge is 0.240 e. The number of aromatic nitrogens is 2. The maximum Gasteiger partial charge on any atom is 0.131 e. The van der Waals surface area contributed by atoms with E-state index in [0.29, 0.717) is 11.8 Å². The standard InChI is InChI=1S/C28H41FN2/c1-4-6-8-10-22-12-14-23(15-13-22)21(3)28-30-19-26(20-31-28)25-17-16-24(27(29)18-25)11-9-7-5-2/h16-23H,4-15H2,1-3H3. The van der Waals surface area contributed by atoms with Crippen LogP contribution in [0.25, 0.3) is 11.1 Å². The molecule has 1 atom stereocenters. The van der Waals surface area contributed by atoms with E-state index >= 15 is 0 Å². The van der Waals surface area contributed by atoms with Crippen molar-refractivity contribution in [2.24, 2.45) is 11.8 Å². The van der Waals surface area contributed by atoms with Crippen molar-refractivity contribution in [1.82, 2.24) is 9.97 Å². The van der Waals surface area contributed by atoms with Crippen LogP contribution < -0.4 is 0 Å². The van der Waals surface area contributed by atoms with Gasteiger partial charge in [-0.3, -0.25) is 0 Å². The summed E-state index contributed by atoms with van der Waals surface area (Å²) in [5.41, 5.74) is 2.58. The Bertz CT molecular complexity index is 778. The lowest BCUT2D eigenvalue weighted by Gasteiger charge is -2.31. The van der Waals surface area contributed by atoms with E-state index < -0.39 is 0 Å². The second-order valence-corrected chi connectivity index (χ2v) is 9.66. The maximum atomic E-state index is 14.5. The predicted molar refractivity (Wildman–Crippen MR) is 129 cm³/mol. The van der Waals surface area contributed by atoms with Crippen molar-refractivity contribution in [3.05, 3.63) is 47.8 Å². The van der Waals surface area contributed by atoms with Crippen LogP contribution in [0.1, 0.15) is 109 Å². The Hall–Kier alpha value is -1.77. The highest BCUT2D eigenvalue weighted by molar-refractivity contribution is 5.62. The zero-order valence-corrected chi connectivity index (χ0v) is 19.9. The number of hydrogen-bond donors (Lipinski definition) is 0. The minimum Gasteiger partial charge on any atom is -0.240 e. The van der Waals surface area contributed by atoms with E-state index in [1.807, 2.05) is 24.5 Å². The van der Waals surface area contributed by atoms with Crippen LogP contribution in [0.3, 0.4) is 0 Å². The summed E-state index contributed by atoms with van der Waals surface area (Å²) in [6.07, 6.45) is 18.7. The number of benzene rings is 1. The highest BCUT2D eigenvalue weighted by Crippen LogP contribution is 2.38. The van der Waals surface area contributed by atoms with E-state index in [1.165, 1.54) is 51.4 Å². The molecule has 0 aliphatic heterocycles. The summed E-state index contributed by atoms with van der Waals surface area (Å²) in [6.45, 7) is 6.73. The van der Waals surface area contributed by atoms with E-state index in [9.17, 15) is 4.39 Å². The van der Waals surface area contributed by atoms with Crippen LogP contribution in [0.15, 0.2) is 30.6 Å². The molecule has 3 rings (SSSR count). The summed E-state index contributed by atoms with van der Waals surface area (Å²) in [6, 6.07) is 5.57. The highest BCUT2D eigenvalue weighted by Gasteiger charge is 2.27. The molecule has 0 spiro atoms. The number of halogens is 1. The van der Waals surface area contributed by atoms with Crippen molar-refractivity contribution in [2.75, 3.05) is 0 Å². The van der Waals surface area contributed by atoms with Gasteiger partial charge in [-0.15, -0.1) is 0 Å². The van der Waals surface area contributed by atoms with Crippen molar-refractivity contribution < 1.29 is 4.39 Å². The molecule has 2 nitrogen and oxygen atoms in total. The second-order valence-electron chi connectivity index (χ2n) is 9.66. The predicted octanol–water partition coefficient (Wildman–Crippen LogP) is 8.51. The molecule has 3 heteroatoms. The SMILES string of the molecule is CCCCCc1ccc(-c2cnc(C(C)C3CCC(CCCCC)CC3)nc2)cc1F. The van der Waals surface area contributed by atoms with Gasteiger partial charge in [0.1, 0.15) is 11.6 Å². The third-order valence-corrected chi connectivity index (χ3v) is 7.33. The molecule has 0 radical (unpaired) electrons. The van der Waals surface area contributed by atoms with Gasteiger partial charge >= 0.3 is 0 Å². The molecule has 0 N–H and O–H groups in total. The van der Waals surface area contributed by atoms with Gasteiger partial charge in [0.15, 0.2) is 0 Å². The van der Waals surface area contributed by atoms with Crippen molar-refractivity contribution in [3.63, 3.8) is 0 Å². The number of nitrogens with zero attached hydrogens (tertiary/aromatic N) is 2. The Morgan fingerprint density at radius 2 is 1.58 bits per heavy atom. The molecular weight excluding hydrogens is 383 g/mol. The smallest absolute Gasteiger partial charge is 0.131 e. The summed E-state index contributed by atoms with van der Waals surface area (Å²) >= 11 is 0. The summed E-state index contributed by atoms with van der Waals surface area (Å²) in [7, 11) is 0. The summed E-state index contributed by atoms with van der Waals surface area (Å²) in [4.78, 5) is 9.38. The first-order valence-corrected chi connectivity index (χ1v) is 12.7. The van der Waals surface area contributed by atoms with E-state index in [-0.39, 0.29) is 5.82 Å². The highest BCUT2D eigenvalue weighted by atomic mass is 19.1. The van der Waals surface area contributed by atoms with Gasteiger partial charge in [0.25, 0.3) is 0 Å². The Balaban J connectivity index is 1.56. The third kappa shape index (κ3) is 6.85. The number of rotatable bonds is 11. The average Bonchev–Trinajstić information content (AvgIpc) is 2.80. The first-order chi connectivity index (χ1) is 15.1. The molecule has 1 fully saturated rings. The molecule has 2 aromatic rings. The Morgan fingerprint density at radius 3 is 2.23 bits per heavy atom. The van der Waals surface area contributed by atoms with E-state index in [4.69, 9.17) is 0 Å². The van der Waals surface area contributed by atoms with Crippen LogP contribution >= 0.6 is 0 Å². The van der Waals surface area contributed by atoms with Gasteiger partial charge in [0, 0.05) is 23.9 Å². The molecule has 1 aliphatic carbocycles. The molecule has 1 aromatic heterocycles. The monoisotopic (exact) mass is 424 g/mol. The number of unbranched alkanes of at least 4 members (excludes halogenated alkanes) is 4. The van der Waals surface area contributed by atoms with Gasteiger partial charge < -0.3 is 0 Å². The minimum absolute atomic E-state index is 0.109. The van der Waals surface area contributed by atoms with E-state index in [2.05, 4.69) is 30.7 Å². The fourth-order valence-corrected chi connectivity index (χ4v) is 5.09. The third-order valence-electron chi connectivity index (χ3n) is 7.33. The summed E-state index contributed by atoms with van der Waals surface area (Å²) < 4.78 is 14.5. The lowest BCUT2D eigenvalue weighted by atomic mass is 9.74. The zero-order chi connectivity index (χ0) is 22.1. The van der Waals surface area contributed by atoms with Crippen LogP contribution in [-0.2, 0) is 6.42 Å². The Kier molecular flexibility index (Phi) is 9.49. The van der Waals surface area contributed by atoms with Crippen LogP contribution in [-0.4, -0.2) is 9.97 Å². The van der Waals surface area contributed by atoms with Crippen molar-refractivity contribution >= 4 is 0 Å². The zero-order valence-electron chi connectivity index (χ0n) is 19.9. The fraction of sp³-hybridized carbons (Fsp3) is 0.643. The molecule has 1 saturated carbocycles. The number of hydrogen-bond acceptors (Lipinski definition) is 2. The summed E-state index contributed by atoms with van der Waals surface area (Å²) in [5, 5.41) is 0. The lowest BCUT2D eigenvalue weighted by molar-refractivity contribution is 0.232. The lowest BCUT2D eigenvalue weighted by Crippen LogP contribution is -2.20. The molecule has 170 valence electrons. The van der Waals surface area contributed by atoms with Gasteiger partial charge in [-0.1, -0.05) is 84.3 Å². The molecular formula is C28H41FN2. The normalized spacial score (nSPS) is 20.0.